The number of hydrogen-bond acceptors (Lipinski definition) is 6. The average molecular weight is 366 g/mol. The molecule has 2 amide bonds. The van der Waals surface area contributed by atoms with E-state index in [2.05, 4.69) is 15.5 Å². The first kappa shape index (κ1) is 16.2. The molecule has 2 fully saturated rings. The molecule has 0 aliphatic carbocycles. The van der Waals surface area contributed by atoms with Crippen LogP contribution >= 0.6 is 0 Å². The van der Waals surface area contributed by atoms with Crippen LogP contribution in [0.5, 0.6) is 0 Å². The molecule has 1 spiro atoms. The van der Waals surface area contributed by atoms with E-state index in [-0.39, 0.29) is 17.9 Å². The van der Waals surface area contributed by atoms with Crippen molar-refractivity contribution in [3.05, 3.63) is 54.1 Å². The molecule has 5 heterocycles. The summed E-state index contributed by atoms with van der Waals surface area (Å²) in [5.74, 6) is -0.381. The summed E-state index contributed by atoms with van der Waals surface area (Å²) in [6, 6.07) is 5.42. The molecule has 4 atom stereocenters. The standard InChI is InChI=1S/C19H18N4O4/c1-11-7-14(22-27-11)23-10-19-5-4-13(26-19)15(16(19)18(23)25)17(24)21-9-12-3-2-6-20-8-12/h2-8,13,15-16H,9-10H2,1H3,(H,21,24)/t13-,15-,16+,19+/m1/s1. The van der Waals surface area contributed by atoms with Crippen LogP contribution in [-0.2, 0) is 20.9 Å². The second-order valence-electron chi connectivity index (χ2n) is 7.20. The van der Waals surface area contributed by atoms with E-state index in [0.29, 0.717) is 24.7 Å². The first-order valence-corrected chi connectivity index (χ1v) is 8.86. The zero-order chi connectivity index (χ0) is 18.6. The minimum absolute atomic E-state index is 0.156. The van der Waals surface area contributed by atoms with Crippen molar-refractivity contribution >= 4 is 17.6 Å². The fraction of sp³-hybridized carbons (Fsp3) is 0.368. The predicted octanol–water partition coefficient (Wildman–Crippen LogP) is 0.981. The second-order valence-corrected chi connectivity index (χ2v) is 7.20. The van der Waals surface area contributed by atoms with Crippen molar-refractivity contribution in [1.29, 1.82) is 0 Å². The maximum atomic E-state index is 13.1. The number of amides is 2. The molecule has 0 saturated carbocycles. The molecule has 27 heavy (non-hydrogen) atoms. The van der Waals surface area contributed by atoms with E-state index in [9.17, 15) is 9.59 Å². The molecule has 1 N–H and O–H groups in total. The molecule has 3 aliphatic rings. The van der Waals surface area contributed by atoms with Gasteiger partial charge in [-0.2, -0.15) is 0 Å². The molecule has 2 saturated heterocycles. The van der Waals surface area contributed by atoms with Crippen molar-refractivity contribution in [3.63, 3.8) is 0 Å². The number of pyridine rings is 1. The van der Waals surface area contributed by atoms with Gasteiger partial charge in [-0.25, -0.2) is 0 Å². The van der Waals surface area contributed by atoms with Crippen LogP contribution in [0, 0.1) is 18.8 Å². The summed E-state index contributed by atoms with van der Waals surface area (Å²) in [5.41, 5.74) is 0.128. The number of aryl methyl sites for hydroxylation is 1. The highest BCUT2D eigenvalue weighted by Crippen LogP contribution is 2.52. The summed E-state index contributed by atoms with van der Waals surface area (Å²) in [7, 11) is 0. The van der Waals surface area contributed by atoms with Crippen molar-refractivity contribution in [1.82, 2.24) is 15.5 Å². The zero-order valence-corrected chi connectivity index (χ0v) is 14.7. The molecule has 2 bridgehead atoms. The molecule has 2 aromatic heterocycles. The van der Waals surface area contributed by atoms with Gasteiger partial charge in [-0.3, -0.25) is 19.5 Å². The van der Waals surface area contributed by atoms with E-state index in [1.165, 1.54) is 0 Å². The molecule has 0 radical (unpaired) electrons. The quantitative estimate of drug-likeness (QED) is 0.810. The lowest BCUT2D eigenvalue weighted by atomic mass is 9.77. The Morgan fingerprint density at radius 3 is 3.11 bits per heavy atom. The SMILES string of the molecule is Cc1cc(N2C[C@]34C=C[C@@H](O3)[C@@H](C(=O)NCc3cccnc3)[C@H]4C2=O)no1. The topological polar surface area (TPSA) is 97.6 Å². The first-order valence-electron chi connectivity index (χ1n) is 8.86. The van der Waals surface area contributed by atoms with Crippen LogP contribution in [0.1, 0.15) is 11.3 Å². The number of hydrogen-bond donors (Lipinski definition) is 1. The van der Waals surface area contributed by atoms with Crippen LogP contribution in [0.15, 0.2) is 47.3 Å². The van der Waals surface area contributed by atoms with Crippen molar-refractivity contribution in [2.45, 2.75) is 25.2 Å². The summed E-state index contributed by atoms with van der Waals surface area (Å²) in [6.45, 7) is 2.47. The van der Waals surface area contributed by atoms with E-state index in [4.69, 9.17) is 9.26 Å². The molecule has 3 aliphatic heterocycles. The number of carbonyl (C=O) groups is 2. The molecule has 8 heteroatoms. The number of nitrogens with one attached hydrogen (secondary N) is 1. The maximum absolute atomic E-state index is 13.1. The van der Waals surface area contributed by atoms with Gasteiger partial charge in [0.15, 0.2) is 5.82 Å². The van der Waals surface area contributed by atoms with Crippen molar-refractivity contribution in [2.75, 3.05) is 11.4 Å². The monoisotopic (exact) mass is 366 g/mol. The van der Waals surface area contributed by atoms with Crippen molar-refractivity contribution < 1.29 is 18.8 Å². The van der Waals surface area contributed by atoms with Gasteiger partial charge < -0.3 is 14.6 Å². The third-order valence-corrected chi connectivity index (χ3v) is 5.48. The third-order valence-electron chi connectivity index (χ3n) is 5.48. The average Bonchev–Trinajstić information content (AvgIpc) is 3.42. The number of nitrogens with zero attached hydrogens (tertiary/aromatic N) is 3. The fourth-order valence-electron chi connectivity index (χ4n) is 4.28. The largest absolute Gasteiger partial charge is 0.360 e. The van der Waals surface area contributed by atoms with Gasteiger partial charge in [-0.1, -0.05) is 23.4 Å². The van der Waals surface area contributed by atoms with Crippen molar-refractivity contribution in [2.24, 2.45) is 11.8 Å². The molecule has 8 nitrogen and oxygen atoms in total. The molecular weight excluding hydrogens is 348 g/mol. The lowest BCUT2D eigenvalue weighted by Crippen LogP contribution is -2.44. The number of anilines is 1. The molecule has 2 aromatic rings. The third kappa shape index (κ3) is 2.40. The highest BCUT2D eigenvalue weighted by molar-refractivity contribution is 6.02. The van der Waals surface area contributed by atoms with Crippen LogP contribution < -0.4 is 10.2 Å². The van der Waals surface area contributed by atoms with Gasteiger partial charge in [0.2, 0.25) is 11.8 Å². The van der Waals surface area contributed by atoms with Crippen LogP contribution in [0.2, 0.25) is 0 Å². The van der Waals surface area contributed by atoms with Gasteiger partial charge in [-0.05, 0) is 18.6 Å². The molecule has 0 unspecified atom stereocenters. The van der Waals surface area contributed by atoms with Crippen LogP contribution in [0.3, 0.4) is 0 Å². The van der Waals surface area contributed by atoms with Crippen LogP contribution in [-0.4, -0.2) is 40.2 Å². The summed E-state index contributed by atoms with van der Waals surface area (Å²) < 4.78 is 11.2. The van der Waals surface area contributed by atoms with Gasteiger partial charge in [0.05, 0.1) is 24.5 Å². The minimum Gasteiger partial charge on any atom is -0.360 e. The van der Waals surface area contributed by atoms with Crippen LogP contribution in [0.25, 0.3) is 0 Å². The second kappa shape index (κ2) is 5.75. The first-order chi connectivity index (χ1) is 13.1. The Bertz CT molecular complexity index is 940. The zero-order valence-electron chi connectivity index (χ0n) is 14.7. The molecule has 138 valence electrons. The van der Waals surface area contributed by atoms with Gasteiger partial charge in [-0.15, -0.1) is 0 Å². The number of rotatable bonds is 4. The lowest BCUT2D eigenvalue weighted by molar-refractivity contribution is -0.132. The highest BCUT2D eigenvalue weighted by atomic mass is 16.5. The Hall–Kier alpha value is -3.00. The van der Waals surface area contributed by atoms with E-state index in [0.717, 1.165) is 5.56 Å². The number of aromatic nitrogens is 2. The number of ether oxygens (including phenoxy) is 1. The Morgan fingerprint density at radius 1 is 1.48 bits per heavy atom. The Morgan fingerprint density at radius 2 is 2.37 bits per heavy atom. The Balaban J connectivity index is 1.38. The van der Waals surface area contributed by atoms with Crippen molar-refractivity contribution in [3.8, 4) is 0 Å². The molecule has 5 rings (SSSR count). The van der Waals surface area contributed by atoms with Crippen LogP contribution in [0.4, 0.5) is 5.82 Å². The number of carbonyl (C=O) groups excluding carboxylic acids is 2. The van der Waals surface area contributed by atoms with E-state index in [1.807, 2.05) is 24.3 Å². The summed E-state index contributed by atoms with van der Waals surface area (Å²) in [6.07, 6.45) is 6.80. The van der Waals surface area contributed by atoms with E-state index >= 15 is 0 Å². The summed E-state index contributed by atoms with van der Waals surface area (Å²) in [5, 5.41) is 6.86. The van der Waals surface area contributed by atoms with Gasteiger partial charge >= 0.3 is 0 Å². The van der Waals surface area contributed by atoms with E-state index in [1.54, 1.807) is 30.3 Å². The van der Waals surface area contributed by atoms with E-state index < -0.39 is 17.4 Å². The van der Waals surface area contributed by atoms with Gasteiger partial charge in [0.25, 0.3) is 0 Å². The Labute approximate surface area is 155 Å². The predicted molar refractivity (Wildman–Crippen MR) is 93.4 cm³/mol. The normalized spacial score (nSPS) is 30.8. The number of fused-ring (bicyclic) bond motifs is 1. The summed E-state index contributed by atoms with van der Waals surface area (Å²) >= 11 is 0. The van der Waals surface area contributed by atoms with Gasteiger partial charge in [0.1, 0.15) is 11.4 Å². The highest BCUT2D eigenvalue weighted by Gasteiger charge is 2.67. The summed E-state index contributed by atoms with van der Waals surface area (Å²) in [4.78, 5) is 31.6. The Kier molecular flexibility index (Phi) is 3.45. The molecular formula is C19H18N4O4. The van der Waals surface area contributed by atoms with Gasteiger partial charge in [0, 0.05) is 25.0 Å². The smallest absolute Gasteiger partial charge is 0.235 e. The lowest BCUT2D eigenvalue weighted by Gasteiger charge is -2.23. The minimum atomic E-state index is -0.773. The maximum Gasteiger partial charge on any atom is 0.235 e. The molecule has 0 aromatic carbocycles. The fourth-order valence-corrected chi connectivity index (χ4v) is 4.28.